The molecule has 212 valence electrons. The number of carbonyl (C=O) groups excluding carboxylic acids is 1. The van der Waals surface area contributed by atoms with Crippen molar-refractivity contribution in [1.29, 1.82) is 5.26 Å². The highest BCUT2D eigenvalue weighted by Gasteiger charge is 2.32. The Kier molecular flexibility index (Phi) is 8.84. The number of carbonyl (C=O) groups is 2. The highest BCUT2D eigenvalue weighted by Crippen LogP contribution is 2.41. The Labute approximate surface area is 237 Å². The standard InChI is InChI=1S/C30H32N6O5/c1-30(2,3)25-21-12-8-9-13-23(21)36(29(38)39)27(25)26-22(14-31)32-16-24(35-26)34-20(18-40-4)15-33-28(37)41-17-19-10-6-5-7-11-19/h5-13,16,20H,15,17-18H2,1-4H3,(H,33,37)(H,34,35)(H,38,39)/t20-/m1/s1. The van der Waals surface area contributed by atoms with E-state index in [1.165, 1.54) is 13.3 Å². The first-order valence-corrected chi connectivity index (χ1v) is 13.0. The van der Waals surface area contributed by atoms with Gasteiger partial charge in [-0.05, 0) is 22.6 Å². The van der Waals surface area contributed by atoms with E-state index in [1.54, 1.807) is 12.1 Å². The van der Waals surface area contributed by atoms with Gasteiger partial charge in [0, 0.05) is 19.0 Å². The first kappa shape index (κ1) is 29.0. The third-order valence-corrected chi connectivity index (χ3v) is 6.34. The number of amides is 1. The maximum Gasteiger partial charge on any atom is 0.416 e. The van der Waals surface area contributed by atoms with E-state index >= 15 is 0 Å². The molecule has 0 aliphatic heterocycles. The summed E-state index contributed by atoms with van der Waals surface area (Å²) in [6.45, 7) is 6.41. The Hall–Kier alpha value is -4.95. The summed E-state index contributed by atoms with van der Waals surface area (Å²) in [5.74, 6) is 0.280. The van der Waals surface area contributed by atoms with Gasteiger partial charge in [0.15, 0.2) is 5.69 Å². The number of alkyl carbamates (subject to hydrolysis) is 1. The van der Waals surface area contributed by atoms with Gasteiger partial charge in [0.05, 0.1) is 30.1 Å². The highest BCUT2D eigenvalue weighted by atomic mass is 16.5. The average Bonchev–Trinajstić information content (AvgIpc) is 3.31. The van der Waals surface area contributed by atoms with Crippen molar-refractivity contribution in [2.24, 2.45) is 0 Å². The third kappa shape index (κ3) is 6.62. The highest BCUT2D eigenvalue weighted by molar-refractivity contribution is 6.00. The van der Waals surface area contributed by atoms with Crippen molar-refractivity contribution in [3.05, 3.63) is 77.6 Å². The summed E-state index contributed by atoms with van der Waals surface area (Å²) in [5.41, 5.74) is 1.99. The zero-order chi connectivity index (χ0) is 29.6. The molecular formula is C30H32N6O5. The zero-order valence-corrected chi connectivity index (χ0v) is 23.3. The molecule has 11 heteroatoms. The van der Waals surface area contributed by atoms with Crippen molar-refractivity contribution >= 4 is 28.9 Å². The molecule has 0 unspecified atom stereocenters. The number of aromatic nitrogens is 3. The van der Waals surface area contributed by atoms with E-state index in [1.807, 2.05) is 63.2 Å². The number of ether oxygens (including phenoxy) is 2. The van der Waals surface area contributed by atoms with Crippen LogP contribution in [0.2, 0.25) is 0 Å². The van der Waals surface area contributed by atoms with Crippen molar-refractivity contribution < 1.29 is 24.2 Å². The Morgan fingerprint density at radius 1 is 1.12 bits per heavy atom. The van der Waals surface area contributed by atoms with Crippen molar-refractivity contribution in [2.75, 3.05) is 25.6 Å². The van der Waals surface area contributed by atoms with Crippen LogP contribution in [0.5, 0.6) is 0 Å². The number of nitriles is 1. The Morgan fingerprint density at radius 3 is 2.49 bits per heavy atom. The molecule has 1 amide bonds. The number of methoxy groups -OCH3 is 1. The summed E-state index contributed by atoms with van der Waals surface area (Å²) in [4.78, 5) is 33.8. The molecule has 2 aromatic heterocycles. The summed E-state index contributed by atoms with van der Waals surface area (Å²) < 4.78 is 11.8. The molecule has 41 heavy (non-hydrogen) atoms. The lowest BCUT2D eigenvalue weighted by atomic mass is 9.84. The van der Waals surface area contributed by atoms with Gasteiger partial charge in [-0.3, -0.25) is 0 Å². The predicted molar refractivity (Wildman–Crippen MR) is 154 cm³/mol. The normalized spacial score (nSPS) is 12.0. The van der Waals surface area contributed by atoms with Gasteiger partial charge in [0.25, 0.3) is 0 Å². The van der Waals surface area contributed by atoms with Crippen molar-refractivity contribution in [1.82, 2.24) is 19.9 Å². The molecule has 0 fully saturated rings. The Balaban J connectivity index is 1.65. The van der Waals surface area contributed by atoms with Gasteiger partial charge in [-0.25, -0.2) is 24.1 Å². The minimum atomic E-state index is -1.20. The molecule has 1 atom stereocenters. The monoisotopic (exact) mass is 556 g/mol. The number of fused-ring (bicyclic) bond motifs is 1. The number of anilines is 1. The van der Waals surface area contributed by atoms with Crippen molar-refractivity contribution in [3.63, 3.8) is 0 Å². The SMILES string of the molecule is COC[C@@H](CNC(=O)OCc1ccccc1)Nc1cnc(C#N)c(-c2c(C(C)(C)C)c3ccccc3n2C(=O)O)n1. The summed E-state index contributed by atoms with van der Waals surface area (Å²) in [7, 11) is 1.53. The van der Waals surface area contributed by atoms with Crippen LogP contribution in [-0.4, -0.2) is 58.1 Å². The lowest BCUT2D eigenvalue weighted by molar-refractivity contribution is 0.136. The number of para-hydroxylation sites is 1. The summed E-state index contributed by atoms with van der Waals surface area (Å²) in [5, 5.41) is 26.8. The lowest BCUT2D eigenvalue weighted by Crippen LogP contribution is -2.39. The van der Waals surface area contributed by atoms with E-state index in [0.717, 1.165) is 21.1 Å². The molecule has 0 saturated heterocycles. The molecule has 0 aliphatic rings. The molecule has 0 spiro atoms. The van der Waals surface area contributed by atoms with Crippen LogP contribution in [-0.2, 0) is 21.5 Å². The fraction of sp³-hybridized carbons (Fsp3) is 0.300. The van der Waals surface area contributed by atoms with Crippen molar-refractivity contribution in [3.8, 4) is 17.5 Å². The number of benzene rings is 2. The smallest absolute Gasteiger partial charge is 0.416 e. The van der Waals surface area contributed by atoms with Gasteiger partial charge >= 0.3 is 12.2 Å². The van der Waals surface area contributed by atoms with Gasteiger partial charge in [-0.1, -0.05) is 69.3 Å². The van der Waals surface area contributed by atoms with Crippen LogP contribution in [0.4, 0.5) is 15.4 Å². The Bertz CT molecular complexity index is 1590. The molecule has 0 aliphatic carbocycles. The molecule has 4 aromatic rings. The molecule has 2 heterocycles. The van der Waals surface area contributed by atoms with E-state index in [-0.39, 0.29) is 42.7 Å². The number of nitrogens with one attached hydrogen (secondary N) is 2. The van der Waals surface area contributed by atoms with E-state index in [4.69, 9.17) is 9.47 Å². The summed E-state index contributed by atoms with van der Waals surface area (Å²) in [6, 6.07) is 18.1. The predicted octanol–water partition coefficient (Wildman–Crippen LogP) is 5.15. The quantitative estimate of drug-likeness (QED) is 0.254. The second-order valence-electron chi connectivity index (χ2n) is 10.4. The van der Waals surface area contributed by atoms with Gasteiger partial charge in [0.1, 0.15) is 24.2 Å². The fourth-order valence-electron chi connectivity index (χ4n) is 4.67. The van der Waals surface area contributed by atoms with Crippen LogP contribution in [0.1, 0.15) is 37.6 Å². The molecule has 11 nitrogen and oxygen atoms in total. The number of nitrogens with zero attached hydrogens (tertiary/aromatic N) is 4. The maximum atomic E-state index is 12.5. The van der Waals surface area contributed by atoms with Gasteiger partial charge in [0.2, 0.25) is 0 Å². The van der Waals surface area contributed by atoms with E-state index < -0.39 is 23.6 Å². The molecule has 0 bridgehead atoms. The zero-order valence-electron chi connectivity index (χ0n) is 23.3. The molecule has 4 rings (SSSR count). The number of rotatable bonds is 9. The molecule has 0 saturated carbocycles. The van der Waals surface area contributed by atoms with Crippen LogP contribution in [0, 0.1) is 11.3 Å². The van der Waals surface area contributed by atoms with E-state index in [9.17, 15) is 20.0 Å². The topological polar surface area (TPSA) is 151 Å². The van der Waals surface area contributed by atoms with Gasteiger partial charge in [-0.2, -0.15) is 5.26 Å². The lowest BCUT2D eigenvalue weighted by Gasteiger charge is -2.22. The second kappa shape index (κ2) is 12.5. The Morgan fingerprint density at radius 2 is 1.83 bits per heavy atom. The number of hydrogen-bond donors (Lipinski definition) is 3. The third-order valence-electron chi connectivity index (χ3n) is 6.34. The first-order chi connectivity index (χ1) is 19.6. The van der Waals surface area contributed by atoms with Crippen LogP contribution in [0.3, 0.4) is 0 Å². The van der Waals surface area contributed by atoms with Crippen molar-refractivity contribution in [2.45, 2.75) is 38.8 Å². The summed E-state index contributed by atoms with van der Waals surface area (Å²) in [6.07, 6.45) is -0.404. The largest absolute Gasteiger partial charge is 0.464 e. The number of hydrogen-bond acceptors (Lipinski definition) is 8. The van der Waals surface area contributed by atoms with Gasteiger partial charge in [-0.15, -0.1) is 0 Å². The molecule has 2 aromatic carbocycles. The minimum absolute atomic E-state index is 0.0164. The van der Waals surface area contributed by atoms with Crippen LogP contribution < -0.4 is 10.6 Å². The minimum Gasteiger partial charge on any atom is -0.464 e. The van der Waals surface area contributed by atoms with Gasteiger partial charge < -0.3 is 25.2 Å². The maximum absolute atomic E-state index is 12.5. The number of carboxylic acid groups (broad SMARTS) is 1. The summed E-state index contributed by atoms with van der Waals surface area (Å²) >= 11 is 0. The van der Waals surface area contributed by atoms with E-state index in [0.29, 0.717) is 5.52 Å². The average molecular weight is 557 g/mol. The first-order valence-electron chi connectivity index (χ1n) is 13.0. The second-order valence-corrected chi connectivity index (χ2v) is 10.4. The van der Waals surface area contributed by atoms with Crippen LogP contribution in [0.25, 0.3) is 22.3 Å². The molecular weight excluding hydrogens is 524 g/mol. The fourth-order valence-corrected chi connectivity index (χ4v) is 4.67. The van der Waals surface area contributed by atoms with E-state index in [2.05, 4.69) is 26.7 Å². The molecule has 3 N–H and O–H groups in total. The van der Waals surface area contributed by atoms with Crippen LogP contribution in [0.15, 0.2) is 60.8 Å². The van der Waals surface area contributed by atoms with Crippen LogP contribution >= 0.6 is 0 Å². The molecule has 0 radical (unpaired) electrons.